The molecule has 3 rings (SSSR count). The Morgan fingerprint density at radius 1 is 1.35 bits per heavy atom. The lowest BCUT2D eigenvalue weighted by Crippen LogP contribution is -2.33. The van der Waals surface area contributed by atoms with Gasteiger partial charge in [-0.2, -0.15) is 0 Å². The van der Waals surface area contributed by atoms with Gasteiger partial charge < -0.3 is 9.72 Å². The lowest BCUT2D eigenvalue weighted by Gasteiger charge is -1.97. The standard InChI is InChI=1S/C14H15N3O3/c1-2-20-14(19)11-6-5-9(15-11)7-10-12(8-3-4-8)16-17-13(10)18/h5-7,15-16H,2-4H2,1H3,(H,17,18). The van der Waals surface area contributed by atoms with E-state index in [1.54, 1.807) is 25.1 Å². The summed E-state index contributed by atoms with van der Waals surface area (Å²) in [4.78, 5) is 26.3. The van der Waals surface area contributed by atoms with Crippen LogP contribution in [0.3, 0.4) is 0 Å². The number of hydrogen-bond acceptors (Lipinski definition) is 3. The van der Waals surface area contributed by atoms with Gasteiger partial charge in [0, 0.05) is 5.69 Å². The lowest BCUT2D eigenvalue weighted by atomic mass is 10.3. The van der Waals surface area contributed by atoms with Crippen molar-refractivity contribution in [2.75, 3.05) is 6.61 Å². The van der Waals surface area contributed by atoms with E-state index in [4.69, 9.17) is 4.74 Å². The Morgan fingerprint density at radius 3 is 2.85 bits per heavy atom. The van der Waals surface area contributed by atoms with Crippen LogP contribution < -0.4 is 16.1 Å². The van der Waals surface area contributed by atoms with Gasteiger partial charge in [-0.3, -0.25) is 15.0 Å². The minimum absolute atomic E-state index is 0.160. The van der Waals surface area contributed by atoms with Crippen molar-refractivity contribution in [2.45, 2.75) is 19.8 Å². The van der Waals surface area contributed by atoms with Gasteiger partial charge in [0.05, 0.1) is 17.2 Å². The molecule has 20 heavy (non-hydrogen) atoms. The van der Waals surface area contributed by atoms with E-state index < -0.39 is 5.97 Å². The first-order valence-electron chi connectivity index (χ1n) is 6.55. The molecule has 0 saturated heterocycles. The molecule has 3 N–H and O–H groups in total. The molecular formula is C14H15N3O3. The van der Waals surface area contributed by atoms with E-state index in [9.17, 15) is 9.59 Å². The van der Waals surface area contributed by atoms with Gasteiger partial charge >= 0.3 is 5.97 Å². The van der Waals surface area contributed by atoms with E-state index in [1.807, 2.05) is 0 Å². The highest BCUT2D eigenvalue weighted by Crippen LogP contribution is 2.26. The Morgan fingerprint density at radius 2 is 2.15 bits per heavy atom. The second-order valence-corrected chi connectivity index (χ2v) is 4.66. The van der Waals surface area contributed by atoms with Crippen LogP contribution in [0.4, 0.5) is 0 Å². The molecule has 2 aromatic rings. The maximum Gasteiger partial charge on any atom is 0.354 e. The average molecular weight is 273 g/mol. The van der Waals surface area contributed by atoms with Crippen LogP contribution in [0.5, 0.6) is 0 Å². The number of rotatable bonds is 3. The number of hydrogen-bond donors (Lipinski definition) is 3. The van der Waals surface area contributed by atoms with Crippen molar-refractivity contribution in [1.82, 2.24) is 15.2 Å². The van der Waals surface area contributed by atoms with Crippen LogP contribution in [0.1, 0.15) is 35.9 Å². The number of aromatic nitrogens is 3. The fraction of sp³-hybridized carbons (Fsp3) is 0.286. The van der Waals surface area contributed by atoms with Crippen LogP contribution in [0, 0.1) is 0 Å². The third-order valence-corrected chi connectivity index (χ3v) is 3.17. The average Bonchev–Trinajstić information content (AvgIpc) is 3.05. The van der Waals surface area contributed by atoms with Crippen LogP contribution in [0.25, 0.3) is 11.6 Å². The van der Waals surface area contributed by atoms with Crippen molar-refractivity contribution < 1.29 is 9.53 Å². The van der Waals surface area contributed by atoms with Crippen LogP contribution >= 0.6 is 0 Å². The first-order valence-corrected chi connectivity index (χ1v) is 6.55. The summed E-state index contributed by atoms with van der Waals surface area (Å²) in [6, 6.07) is 3.40. The molecule has 0 bridgehead atoms. The third kappa shape index (κ3) is 2.32. The van der Waals surface area contributed by atoms with Gasteiger partial charge in [0.25, 0.3) is 5.56 Å². The van der Waals surface area contributed by atoms with Crippen LogP contribution in [-0.4, -0.2) is 27.8 Å². The molecule has 1 saturated carbocycles. The number of aromatic amines is 3. The molecule has 0 aliphatic heterocycles. The normalized spacial score (nSPS) is 14.7. The van der Waals surface area contributed by atoms with Crippen molar-refractivity contribution in [2.24, 2.45) is 0 Å². The zero-order chi connectivity index (χ0) is 14.1. The van der Waals surface area contributed by atoms with Gasteiger partial charge in [-0.05, 0) is 43.5 Å². The van der Waals surface area contributed by atoms with E-state index in [0.717, 1.165) is 18.2 Å². The number of H-pyrrole nitrogens is 3. The van der Waals surface area contributed by atoms with Crippen molar-refractivity contribution in [3.8, 4) is 0 Å². The Labute approximate surface area is 114 Å². The molecule has 1 fully saturated rings. The molecule has 0 atom stereocenters. The van der Waals surface area contributed by atoms with Crippen molar-refractivity contribution in [3.05, 3.63) is 44.4 Å². The van der Waals surface area contributed by atoms with E-state index >= 15 is 0 Å². The molecule has 2 aromatic heterocycles. The number of esters is 1. The SMILES string of the molecule is CCOC(=O)c1ccc(C=c2c(=O)[nH][nH]c2=C2CC2)[nH]1. The van der Waals surface area contributed by atoms with Gasteiger partial charge in [-0.25, -0.2) is 4.79 Å². The second-order valence-electron chi connectivity index (χ2n) is 4.66. The zero-order valence-corrected chi connectivity index (χ0v) is 11.1. The Bertz CT molecular complexity index is 816. The Kier molecular flexibility index (Phi) is 3.06. The molecule has 104 valence electrons. The van der Waals surface area contributed by atoms with Gasteiger partial charge in [-0.15, -0.1) is 0 Å². The summed E-state index contributed by atoms with van der Waals surface area (Å²) in [5, 5.41) is 6.94. The summed E-state index contributed by atoms with van der Waals surface area (Å²) in [6.07, 6.45) is 3.78. The summed E-state index contributed by atoms with van der Waals surface area (Å²) >= 11 is 0. The number of ether oxygens (including phenoxy) is 1. The molecule has 6 heteroatoms. The highest BCUT2D eigenvalue weighted by Gasteiger charge is 2.14. The van der Waals surface area contributed by atoms with E-state index in [-0.39, 0.29) is 5.56 Å². The van der Waals surface area contributed by atoms with Crippen molar-refractivity contribution in [3.63, 3.8) is 0 Å². The van der Waals surface area contributed by atoms with E-state index in [0.29, 0.717) is 23.2 Å². The molecule has 0 radical (unpaired) electrons. The highest BCUT2D eigenvalue weighted by atomic mass is 16.5. The highest BCUT2D eigenvalue weighted by molar-refractivity contribution is 5.87. The third-order valence-electron chi connectivity index (χ3n) is 3.17. The summed E-state index contributed by atoms with van der Waals surface area (Å²) < 4.78 is 4.91. The number of nitrogens with one attached hydrogen (secondary N) is 3. The van der Waals surface area contributed by atoms with E-state index in [1.165, 1.54) is 5.57 Å². The predicted octanol–water partition coefficient (Wildman–Crippen LogP) is -0.0189. The molecule has 6 nitrogen and oxygen atoms in total. The van der Waals surface area contributed by atoms with Crippen molar-refractivity contribution >= 4 is 17.6 Å². The monoisotopic (exact) mass is 273 g/mol. The Hall–Kier alpha value is -2.50. The Balaban J connectivity index is 2.02. The molecule has 2 heterocycles. The van der Waals surface area contributed by atoms with Gasteiger partial charge in [0.2, 0.25) is 0 Å². The van der Waals surface area contributed by atoms with Crippen molar-refractivity contribution in [1.29, 1.82) is 0 Å². The molecule has 0 spiro atoms. The zero-order valence-electron chi connectivity index (χ0n) is 11.1. The van der Waals surface area contributed by atoms with Crippen LogP contribution in [0.2, 0.25) is 0 Å². The maximum absolute atomic E-state index is 11.8. The summed E-state index contributed by atoms with van der Waals surface area (Å²) in [7, 11) is 0. The van der Waals surface area contributed by atoms with Crippen LogP contribution in [-0.2, 0) is 4.74 Å². The minimum Gasteiger partial charge on any atom is -0.461 e. The smallest absolute Gasteiger partial charge is 0.354 e. The van der Waals surface area contributed by atoms with E-state index in [2.05, 4.69) is 15.2 Å². The second kappa shape index (κ2) is 4.88. The number of carbonyl (C=O) groups is 1. The van der Waals surface area contributed by atoms with Crippen LogP contribution in [0.15, 0.2) is 16.9 Å². The first kappa shape index (κ1) is 12.5. The summed E-state index contributed by atoms with van der Waals surface area (Å²) in [6.45, 7) is 2.09. The van der Waals surface area contributed by atoms with Gasteiger partial charge in [0.15, 0.2) is 0 Å². The van der Waals surface area contributed by atoms with Gasteiger partial charge in [-0.1, -0.05) is 0 Å². The maximum atomic E-state index is 11.8. The fourth-order valence-corrected chi connectivity index (χ4v) is 2.08. The minimum atomic E-state index is -0.396. The molecule has 1 aliphatic carbocycles. The molecule has 0 amide bonds. The largest absolute Gasteiger partial charge is 0.461 e. The fourth-order valence-electron chi connectivity index (χ4n) is 2.08. The topological polar surface area (TPSA) is 90.7 Å². The lowest BCUT2D eigenvalue weighted by molar-refractivity contribution is 0.0520. The molecule has 1 aliphatic rings. The molecule has 0 unspecified atom stereocenters. The first-order chi connectivity index (χ1) is 9.69. The van der Waals surface area contributed by atoms with Gasteiger partial charge in [0.1, 0.15) is 5.69 Å². The molecular weight excluding hydrogens is 258 g/mol. The quantitative estimate of drug-likeness (QED) is 0.686. The summed E-state index contributed by atoms with van der Waals surface area (Å²) in [5.41, 5.74) is 2.16. The summed E-state index contributed by atoms with van der Waals surface area (Å²) in [5.74, 6) is -0.396. The molecule has 0 aromatic carbocycles. The number of carbonyl (C=O) groups excluding carboxylic acids is 1. The predicted molar refractivity (Wildman–Crippen MR) is 73.6 cm³/mol.